The normalized spacial score (nSPS) is 26.5. The minimum absolute atomic E-state index is 0.312. The minimum Gasteiger partial charge on any atom is -0.351 e. The molecule has 4 heteroatoms. The third-order valence-corrected chi connectivity index (χ3v) is 1.68. The molecule has 0 unspecified atom stereocenters. The molecule has 1 heterocycles. The van der Waals surface area contributed by atoms with Crippen LogP contribution in [-0.2, 0) is 0 Å². The lowest BCUT2D eigenvalue weighted by atomic mass is 10.2. The second-order valence-electron chi connectivity index (χ2n) is 2.64. The molecule has 0 saturated carbocycles. The second-order valence-corrected chi connectivity index (χ2v) is 2.64. The van der Waals surface area contributed by atoms with Crippen molar-refractivity contribution in [1.29, 1.82) is 0 Å². The van der Waals surface area contributed by atoms with Crippen LogP contribution in [0.15, 0.2) is 0 Å². The summed E-state index contributed by atoms with van der Waals surface area (Å²) in [5.41, 5.74) is 5.09. The summed E-state index contributed by atoms with van der Waals surface area (Å²) in [7, 11) is 0. The average Bonchev–Trinajstić information content (AvgIpc) is 1.88. The number of rotatable bonds is 0. The molecule has 0 aromatic heterocycles. The fourth-order valence-electron chi connectivity index (χ4n) is 1.13. The number of nitrogens with two attached hydrogens (primary N) is 1. The molecule has 0 spiro atoms. The van der Waals surface area contributed by atoms with Gasteiger partial charge in [-0.1, -0.05) is 0 Å². The summed E-state index contributed by atoms with van der Waals surface area (Å²) in [5, 5.41) is 3.22. The summed E-state index contributed by atoms with van der Waals surface area (Å²) in [6.45, 7) is 4.36. The molecule has 1 aliphatic heterocycles. The van der Waals surface area contributed by atoms with E-state index in [1.807, 2.05) is 6.92 Å². The molecule has 0 aromatic rings. The highest BCUT2D eigenvalue weighted by Gasteiger charge is 2.17. The monoisotopic (exact) mass is 143 g/mol. The third kappa shape index (κ3) is 1.60. The van der Waals surface area contributed by atoms with E-state index < -0.39 is 0 Å². The van der Waals surface area contributed by atoms with Gasteiger partial charge in [-0.25, -0.2) is 4.79 Å². The van der Waals surface area contributed by atoms with E-state index in [1.165, 1.54) is 0 Å². The van der Waals surface area contributed by atoms with Crippen LogP contribution in [0.4, 0.5) is 4.79 Å². The molecule has 1 aliphatic rings. The zero-order valence-electron chi connectivity index (χ0n) is 6.13. The van der Waals surface area contributed by atoms with Gasteiger partial charge in [0.25, 0.3) is 0 Å². The van der Waals surface area contributed by atoms with Crippen molar-refractivity contribution in [3.05, 3.63) is 0 Å². The van der Waals surface area contributed by atoms with E-state index in [0.717, 1.165) is 19.6 Å². The van der Waals surface area contributed by atoms with Crippen molar-refractivity contribution in [2.75, 3.05) is 19.6 Å². The van der Waals surface area contributed by atoms with Crippen LogP contribution in [0.1, 0.15) is 6.92 Å². The number of amides is 2. The Kier molecular flexibility index (Phi) is 2.11. The van der Waals surface area contributed by atoms with Gasteiger partial charge in [-0.05, 0) is 6.92 Å². The molecule has 10 heavy (non-hydrogen) atoms. The Morgan fingerprint density at radius 3 is 2.90 bits per heavy atom. The molecule has 1 rings (SSSR count). The fourth-order valence-corrected chi connectivity index (χ4v) is 1.13. The molecule has 58 valence electrons. The van der Waals surface area contributed by atoms with Gasteiger partial charge < -0.3 is 16.0 Å². The quantitative estimate of drug-likeness (QED) is 0.474. The largest absolute Gasteiger partial charge is 0.351 e. The number of nitrogens with zero attached hydrogens (tertiary/aromatic N) is 1. The summed E-state index contributed by atoms with van der Waals surface area (Å²) in [6.07, 6.45) is 0. The van der Waals surface area contributed by atoms with Crippen molar-refractivity contribution < 1.29 is 4.79 Å². The number of nitrogens with one attached hydrogen (secondary N) is 1. The van der Waals surface area contributed by atoms with E-state index in [9.17, 15) is 4.79 Å². The Labute approximate surface area is 60.4 Å². The number of primary amides is 1. The van der Waals surface area contributed by atoms with Gasteiger partial charge in [-0.15, -0.1) is 0 Å². The van der Waals surface area contributed by atoms with Crippen molar-refractivity contribution in [1.82, 2.24) is 10.2 Å². The van der Waals surface area contributed by atoms with Crippen LogP contribution in [-0.4, -0.2) is 36.6 Å². The maximum absolute atomic E-state index is 10.6. The van der Waals surface area contributed by atoms with Crippen molar-refractivity contribution in [3.8, 4) is 0 Å². The number of carbonyl (C=O) groups is 1. The first-order chi connectivity index (χ1) is 4.70. The summed E-state index contributed by atoms with van der Waals surface area (Å²) in [5.74, 6) is 0. The van der Waals surface area contributed by atoms with Gasteiger partial charge in [-0.2, -0.15) is 0 Å². The maximum atomic E-state index is 10.6. The molecular weight excluding hydrogens is 130 g/mol. The van der Waals surface area contributed by atoms with Crippen molar-refractivity contribution in [2.24, 2.45) is 5.73 Å². The number of urea groups is 1. The number of piperazine rings is 1. The van der Waals surface area contributed by atoms with Gasteiger partial charge in [0.2, 0.25) is 0 Å². The first kappa shape index (κ1) is 7.34. The van der Waals surface area contributed by atoms with Gasteiger partial charge in [0.1, 0.15) is 0 Å². The van der Waals surface area contributed by atoms with Crippen molar-refractivity contribution in [3.63, 3.8) is 0 Å². The molecule has 1 atom stereocenters. The summed E-state index contributed by atoms with van der Waals surface area (Å²) >= 11 is 0. The standard InChI is InChI=1S/C6H13N3O/c1-5-4-9(6(7)10)3-2-8-5/h5,8H,2-4H2,1H3,(H2,7,10)/t5-/m0/s1. The van der Waals surface area contributed by atoms with Crippen LogP contribution >= 0.6 is 0 Å². The lowest BCUT2D eigenvalue weighted by Gasteiger charge is -2.30. The van der Waals surface area contributed by atoms with Crippen LogP contribution in [0.3, 0.4) is 0 Å². The van der Waals surface area contributed by atoms with Gasteiger partial charge in [0.15, 0.2) is 0 Å². The first-order valence-electron chi connectivity index (χ1n) is 3.48. The zero-order valence-corrected chi connectivity index (χ0v) is 6.13. The molecule has 4 nitrogen and oxygen atoms in total. The average molecular weight is 143 g/mol. The van der Waals surface area contributed by atoms with E-state index in [4.69, 9.17) is 5.73 Å². The van der Waals surface area contributed by atoms with E-state index in [0.29, 0.717) is 6.04 Å². The smallest absolute Gasteiger partial charge is 0.314 e. The van der Waals surface area contributed by atoms with Gasteiger partial charge >= 0.3 is 6.03 Å². The number of hydrogen-bond acceptors (Lipinski definition) is 2. The highest BCUT2D eigenvalue weighted by Crippen LogP contribution is 1.96. The van der Waals surface area contributed by atoms with E-state index in [-0.39, 0.29) is 6.03 Å². The second kappa shape index (κ2) is 2.88. The lowest BCUT2D eigenvalue weighted by Crippen LogP contribution is -2.52. The Balaban J connectivity index is 2.39. The van der Waals surface area contributed by atoms with Gasteiger partial charge in [-0.3, -0.25) is 0 Å². The molecular formula is C6H13N3O. The van der Waals surface area contributed by atoms with Crippen LogP contribution in [0.25, 0.3) is 0 Å². The Bertz CT molecular complexity index is 137. The minimum atomic E-state index is -0.312. The summed E-state index contributed by atoms with van der Waals surface area (Å²) in [4.78, 5) is 12.3. The van der Waals surface area contributed by atoms with Crippen LogP contribution in [0, 0.1) is 0 Å². The molecule has 3 N–H and O–H groups in total. The molecule has 0 bridgehead atoms. The maximum Gasteiger partial charge on any atom is 0.314 e. The first-order valence-corrected chi connectivity index (χ1v) is 3.48. The fraction of sp³-hybridized carbons (Fsp3) is 0.833. The SMILES string of the molecule is C[C@H]1CN(C(N)=O)CCN1. The predicted molar refractivity (Wildman–Crippen MR) is 38.6 cm³/mol. The molecule has 2 amide bonds. The van der Waals surface area contributed by atoms with Crippen LogP contribution < -0.4 is 11.1 Å². The number of hydrogen-bond donors (Lipinski definition) is 2. The summed E-state index contributed by atoms with van der Waals surface area (Å²) < 4.78 is 0. The van der Waals surface area contributed by atoms with E-state index in [1.54, 1.807) is 4.90 Å². The third-order valence-electron chi connectivity index (χ3n) is 1.68. The predicted octanol–water partition coefficient (Wildman–Crippen LogP) is -0.641. The molecule has 0 aromatic carbocycles. The van der Waals surface area contributed by atoms with E-state index in [2.05, 4.69) is 5.32 Å². The molecule has 0 radical (unpaired) electrons. The molecule has 0 aliphatic carbocycles. The number of carbonyl (C=O) groups excluding carboxylic acids is 1. The van der Waals surface area contributed by atoms with Gasteiger partial charge in [0, 0.05) is 25.7 Å². The van der Waals surface area contributed by atoms with Gasteiger partial charge in [0.05, 0.1) is 0 Å². The topological polar surface area (TPSA) is 58.4 Å². The lowest BCUT2D eigenvalue weighted by molar-refractivity contribution is 0.188. The Hall–Kier alpha value is -0.770. The summed E-state index contributed by atoms with van der Waals surface area (Å²) in [6, 6.07) is 0.0644. The van der Waals surface area contributed by atoms with Crippen molar-refractivity contribution in [2.45, 2.75) is 13.0 Å². The Morgan fingerprint density at radius 2 is 2.50 bits per heavy atom. The molecule has 1 fully saturated rings. The van der Waals surface area contributed by atoms with Crippen molar-refractivity contribution >= 4 is 6.03 Å². The zero-order chi connectivity index (χ0) is 7.56. The van der Waals surface area contributed by atoms with E-state index >= 15 is 0 Å². The Morgan fingerprint density at radius 1 is 1.80 bits per heavy atom. The van der Waals surface area contributed by atoms with Crippen LogP contribution in [0.5, 0.6) is 0 Å². The van der Waals surface area contributed by atoms with Crippen LogP contribution in [0.2, 0.25) is 0 Å². The molecule has 1 saturated heterocycles. The highest BCUT2D eigenvalue weighted by molar-refractivity contribution is 5.72. The highest BCUT2D eigenvalue weighted by atomic mass is 16.2.